The number of alkyl halides is 3. The second-order valence-electron chi connectivity index (χ2n) is 5.28. The number of halogens is 4. The summed E-state index contributed by atoms with van der Waals surface area (Å²) < 4.78 is 37.7. The first-order valence-corrected chi connectivity index (χ1v) is 6.95. The lowest BCUT2D eigenvalue weighted by atomic mass is 10.0. The Hall–Kier alpha value is -1.68. The first-order chi connectivity index (χ1) is 9.84. The standard InChI is InChI=1S/C16H13ClF3N/c1-9-6-13(17)7-11-8-14(21-15(9)11)10-2-4-12(5-3-10)16(18,19)20/h2-7,14,21H,8H2,1H3. The quantitative estimate of drug-likeness (QED) is 0.746. The second kappa shape index (κ2) is 4.95. The topological polar surface area (TPSA) is 12.0 Å². The summed E-state index contributed by atoms with van der Waals surface area (Å²) in [4.78, 5) is 0. The van der Waals surface area contributed by atoms with Gasteiger partial charge in [-0.05, 0) is 54.3 Å². The van der Waals surface area contributed by atoms with Gasteiger partial charge in [0.05, 0.1) is 11.6 Å². The second-order valence-corrected chi connectivity index (χ2v) is 5.71. The highest BCUT2D eigenvalue weighted by Crippen LogP contribution is 2.38. The summed E-state index contributed by atoms with van der Waals surface area (Å²) >= 11 is 6.04. The predicted molar refractivity (Wildman–Crippen MR) is 77.7 cm³/mol. The maximum Gasteiger partial charge on any atom is 0.416 e. The van der Waals surface area contributed by atoms with Crippen molar-refractivity contribution in [2.24, 2.45) is 0 Å². The van der Waals surface area contributed by atoms with Crippen LogP contribution in [0.4, 0.5) is 18.9 Å². The van der Waals surface area contributed by atoms with E-state index in [0.29, 0.717) is 5.02 Å². The van der Waals surface area contributed by atoms with Crippen molar-refractivity contribution < 1.29 is 13.2 Å². The van der Waals surface area contributed by atoms with E-state index in [1.54, 1.807) is 0 Å². The van der Waals surface area contributed by atoms with Crippen LogP contribution in [0.5, 0.6) is 0 Å². The lowest BCUT2D eigenvalue weighted by molar-refractivity contribution is -0.137. The Morgan fingerprint density at radius 3 is 2.43 bits per heavy atom. The molecule has 1 N–H and O–H groups in total. The minimum absolute atomic E-state index is 0.0144. The van der Waals surface area contributed by atoms with E-state index in [4.69, 9.17) is 11.6 Å². The van der Waals surface area contributed by atoms with Crippen LogP contribution in [0.15, 0.2) is 36.4 Å². The van der Waals surface area contributed by atoms with Crippen LogP contribution in [0.2, 0.25) is 5.02 Å². The van der Waals surface area contributed by atoms with Crippen LogP contribution in [0.3, 0.4) is 0 Å². The molecule has 1 heterocycles. The van der Waals surface area contributed by atoms with Gasteiger partial charge >= 0.3 is 6.18 Å². The van der Waals surface area contributed by atoms with E-state index in [1.807, 2.05) is 19.1 Å². The number of nitrogens with one attached hydrogen (secondary N) is 1. The Morgan fingerprint density at radius 2 is 1.81 bits per heavy atom. The maximum absolute atomic E-state index is 12.6. The first kappa shape index (κ1) is 14.3. The van der Waals surface area contributed by atoms with Crippen molar-refractivity contribution in [3.05, 3.63) is 63.7 Å². The SMILES string of the molecule is Cc1cc(Cl)cc2c1NC(c1ccc(C(F)(F)F)cc1)C2. The third-order valence-corrected chi connectivity index (χ3v) is 3.98. The van der Waals surface area contributed by atoms with Gasteiger partial charge in [-0.1, -0.05) is 23.7 Å². The van der Waals surface area contributed by atoms with Crippen molar-refractivity contribution in [1.29, 1.82) is 0 Å². The molecule has 21 heavy (non-hydrogen) atoms. The highest BCUT2D eigenvalue weighted by molar-refractivity contribution is 6.30. The maximum atomic E-state index is 12.6. The van der Waals surface area contributed by atoms with Gasteiger partial charge in [0.25, 0.3) is 0 Å². The fourth-order valence-electron chi connectivity index (χ4n) is 2.73. The molecule has 0 amide bonds. The predicted octanol–water partition coefficient (Wildman–Crippen LogP) is 5.38. The molecule has 0 radical (unpaired) electrons. The molecule has 1 unspecified atom stereocenters. The van der Waals surface area contributed by atoms with Crippen LogP contribution in [-0.2, 0) is 12.6 Å². The summed E-state index contributed by atoms with van der Waals surface area (Å²) in [5.41, 5.74) is 3.40. The van der Waals surface area contributed by atoms with E-state index in [9.17, 15) is 13.2 Å². The number of aryl methyl sites for hydroxylation is 1. The smallest absolute Gasteiger partial charge is 0.377 e. The summed E-state index contributed by atoms with van der Waals surface area (Å²) in [5.74, 6) is 0. The van der Waals surface area contributed by atoms with E-state index in [0.717, 1.165) is 40.9 Å². The fourth-order valence-corrected chi connectivity index (χ4v) is 3.03. The molecule has 3 rings (SSSR count). The molecular formula is C16H13ClF3N. The zero-order valence-electron chi connectivity index (χ0n) is 11.3. The van der Waals surface area contributed by atoms with Crippen molar-refractivity contribution in [2.45, 2.75) is 25.6 Å². The van der Waals surface area contributed by atoms with Crippen LogP contribution < -0.4 is 5.32 Å². The molecule has 0 aliphatic carbocycles. The van der Waals surface area contributed by atoms with E-state index >= 15 is 0 Å². The molecule has 0 fully saturated rings. The zero-order chi connectivity index (χ0) is 15.2. The minimum Gasteiger partial charge on any atom is -0.377 e. The van der Waals surface area contributed by atoms with Crippen LogP contribution in [0, 0.1) is 6.92 Å². The molecule has 1 aliphatic heterocycles. The third kappa shape index (κ3) is 2.72. The molecule has 0 spiro atoms. The average molecular weight is 312 g/mol. The normalized spacial score (nSPS) is 17.5. The zero-order valence-corrected chi connectivity index (χ0v) is 12.0. The molecule has 1 nitrogen and oxygen atoms in total. The summed E-state index contributed by atoms with van der Waals surface area (Å²) in [5, 5.41) is 4.05. The van der Waals surface area contributed by atoms with E-state index in [2.05, 4.69) is 5.32 Å². The van der Waals surface area contributed by atoms with Gasteiger partial charge in [0.15, 0.2) is 0 Å². The van der Waals surface area contributed by atoms with E-state index < -0.39 is 11.7 Å². The minimum atomic E-state index is -4.30. The summed E-state index contributed by atoms with van der Waals surface area (Å²) in [6, 6.07) is 9.08. The van der Waals surface area contributed by atoms with Crippen LogP contribution in [-0.4, -0.2) is 0 Å². The van der Waals surface area contributed by atoms with Gasteiger partial charge in [-0.2, -0.15) is 13.2 Å². The van der Waals surface area contributed by atoms with Crippen molar-refractivity contribution in [1.82, 2.24) is 0 Å². The number of rotatable bonds is 1. The van der Waals surface area contributed by atoms with Gasteiger partial charge in [0.1, 0.15) is 0 Å². The lowest BCUT2D eigenvalue weighted by Crippen LogP contribution is -2.08. The monoisotopic (exact) mass is 311 g/mol. The number of hydrogen-bond acceptors (Lipinski definition) is 1. The lowest BCUT2D eigenvalue weighted by Gasteiger charge is -2.14. The number of benzene rings is 2. The van der Waals surface area contributed by atoms with Crippen molar-refractivity contribution in [3.8, 4) is 0 Å². The fraction of sp³-hybridized carbons (Fsp3) is 0.250. The van der Waals surface area contributed by atoms with Crippen molar-refractivity contribution in [2.75, 3.05) is 5.32 Å². The Kier molecular flexibility index (Phi) is 3.36. The Labute approximate surface area is 125 Å². The molecule has 1 atom stereocenters. The molecule has 0 saturated carbocycles. The first-order valence-electron chi connectivity index (χ1n) is 6.57. The van der Waals surface area contributed by atoms with Crippen molar-refractivity contribution in [3.63, 3.8) is 0 Å². The molecule has 0 bridgehead atoms. The van der Waals surface area contributed by atoms with Gasteiger partial charge < -0.3 is 5.32 Å². The molecular weight excluding hydrogens is 299 g/mol. The molecule has 5 heteroatoms. The third-order valence-electron chi connectivity index (χ3n) is 3.76. The summed E-state index contributed by atoms with van der Waals surface area (Å²) in [6.45, 7) is 1.97. The Balaban J connectivity index is 1.86. The van der Waals surface area contributed by atoms with Crippen LogP contribution >= 0.6 is 11.6 Å². The van der Waals surface area contributed by atoms with Crippen LogP contribution in [0.1, 0.15) is 28.3 Å². The van der Waals surface area contributed by atoms with Gasteiger partial charge in [-0.25, -0.2) is 0 Å². The van der Waals surface area contributed by atoms with Gasteiger partial charge in [-0.3, -0.25) is 0 Å². The number of fused-ring (bicyclic) bond motifs is 1. The largest absolute Gasteiger partial charge is 0.416 e. The molecule has 0 saturated heterocycles. The van der Waals surface area contributed by atoms with E-state index in [1.165, 1.54) is 12.1 Å². The highest BCUT2D eigenvalue weighted by Gasteiger charge is 2.31. The molecule has 110 valence electrons. The average Bonchev–Trinajstić information content (AvgIpc) is 2.82. The van der Waals surface area contributed by atoms with Crippen LogP contribution in [0.25, 0.3) is 0 Å². The van der Waals surface area contributed by atoms with Crippen molar-refractivity contribution >= 4 is 17.3 Å². The van der Waals surface area contributed by atoms with Gasteiger partial charge in [-0.15, -0.1) is 0 Å². The molecule has 2 aromatic rings. The Bertz CT molecular complexity index is 677. The number of anilines is 1. The molecule has 1 aliphatic rings. The van der Waals surface area contributed by atoms with Gasteiger partial charge in [0, 0.05) is 10.7 Å². The number of hydrogen-bond donors (Lipinski definition) is 1. The molecule has 2 aromatic carbocycles. The van der Waals surface area contributed by atoms with E-state index in [-0.39, 0.29) is 6.04 Å². The summed E-state index contributed by atoms with van der Waals surface area (Å²) in [6.07, 6.45) is -3.57. The summed E-state index contributed by atoms with van der Waals surface area (Å²) in [7, 11) is 0. The Morgan fingerprint density at radius 1 is 1.14 bits per heavy atom. The van der Waals surface area contributed by atoms with Gasteiger partial charge in [0.2, 0.25) is 0 Å². The molecule has 0 aromatic heterocycles. The highest BCUT2D eigenvalue weighted by atomic mass is 35.5.